The van der Waals surface area contributed by atoms with Crippen molar-refractivity contribution in [1.29, 1.82) is 0 Å². The minimum Gasteiger partial charge on any atom is -0.390 e. The van der Waals surface area contributed by atoms with Crippen LogP contribution in [0.1, 0.15) is 26.7 Å². The van der Waals surface area contributed by atoms with Gasteiger partial charge in [-0.05, 0) is 31.4 Å². The van der Waals surface area contributed by atoms with Crippen LogP contribution >= 0.6 is 11.3 Å². The second kappa shape index (κ2) is 7.53. The quantitative estimate of drug-likeness (QED) is 0.852. The van der Waals surface area contributed by atoms with Crippen LogP contribution in [0.4, 0.5) is 0 Å². The van der Waals surface area contributed by atoms with Crippen LogP contribution in [0.25, 0.3) is 0 Å². The summed E-state index contributed by atoms with van der Waals surface area (Å²) in [5, 5.41) is 14.7. The molecule has 124 valence electrons. The van der Waals surface area contributed by atoms with Crippen molar-refractivity contribution in [3.05, 3.63) is 51.0 Å². The Labute approximate surface area is 142 Å². The molecule has 1 aromatic heterocycles. The van der Waals surface area contributed by atoms with E-state index in [2.05, 4.69) is 39.5 Å². The average Bonchev–Trinajstić information content (AvgIpc) is 2.85. The first-order chi connectivity index (χ1) is 11.1. The maximum Gasteiger partial charge on any atom is 0.0900 e. The van der Waals surface area contributed by atoms with E-state index in [-0.39, 0.29) is 6.10 Å². The molecule has 0 spiro atoms. The van der Waals surface area contributed by atoms with Gasteiger partial charge >= 0.3 is 0 Å². The molecule has 2 heterocycles. The van der Waals surface area contributed by atoms with Crippen LogP contribution in [0.15, 0.2) is 24.3 Å². The number of hydrogen-bond donors (Lipinski definition) is 2. The zero-order chi connectivity index (χ0) is 16.2. The van der Waals surface area contributed by atoms with Crippen LogP contribution < -0.4 is 5.32 Å². The Kier molecular flexibility index (Phi) is 5.43. The summed E-state index contributed by atoms with van der Waals surface area (Å²) >= 11 is 1.73. The third kappa shape index (κ3) is 4.38. The Hall–Kier alpha value is -1.27. The fraction of sp³-hybridized carbons (Fsp3) is 0.500. The molecule has 1 aliphatic rings. The molecule has 3 rings (SSSR count). The number of fused-ring (bicyclic) bond motifs is 1. The molecule has 0 radical (unpaired) electrons. The third-order valence-corrected chi connectivity index (χ3v) is 5.42. The molecule has 23 heavy (non-hydrogen) atoms. The normalized spacial score (nSPS) is 16.3. The molecule has 1 unspecified atom stereocenters. The number of thiazole rings is 1. The first-order valence-electron chi connectivity index (χ1n) is 8.22. The average molecular weight is 331 g/mol. The van der Waals surface area contributed by atoms with Crippen molar-refractivity contribution in [2.45, 2.75) is 39.5 Å². The molecule has 0 amide bonds. The van der Waals surface area contributed by atoms with E-state index in [0.717, 1.165) is 43.3 Å². The molecular weight excluding hydrogens is 306 g/mol. The van der Waals surface area contributed by atoms with Gasteiger partial charge in [-0.3, -0.25) is 4.90 Å². The summed E-state index contributed by atoms with van der Waals surface area (Å²) in [6.07, 6.45) is 0.741. The second-order valence-electron chi connectivity index (χ2n) is 6.28. The van der Waals surface area contributed by atoms with Gasteiger partial charge in [0.15, 0.2) is 0 Å². The highest BCUT2D eigenvalue weighted by Gasteiger charge is 2.18. The summed E-state index contributed by atoms with van der Waals surface area (Å²) in [6.45, 7) is 8.18. The molecule has 0 aliphatic carbocycles. The van der Waals surface area contributed by atoms with Crippen LogP contribution in [0.2, 0.25) is 0 Å². The van der Waals surface area contributed by atoms with Crippen LogP contribution in [0.3, 0.4) is 0 Å². The number of aromatic nitrogens is 1. The summed E-state index contributed by atoms with van der Waals surface area (Å²) in [6, 6.07) is 8.61. The van der Waals surface area contributed by atoms with Crippen molar-refractivity contribution < 1.29 is 5.11 Å². The standard InChI is InChI=1S/C18H25N3OS/c1-13-18(23-14(2)20-13)10-19-9-17(22)12-21-8-7-15-5-3-4-6-16(15)11-21/h3-6,17,19,22H,7-12H2,1-2H3. The van der Waals surface area contributed by atoms with Gasteiger partial charge in [-0.25, -0.2) is 4.98 Å². The molecule has 0 saturated carbocycles. The maximum absolute atomic E-state index is 10.3. The summed E-state index contributed by atoms with van der Waals surface area (Å²) in [5.41, 5.74) is 3.95. The number of aliphatic hydroxyl groups excluding tert-OH is 1. The highest BCUT2D eigenvalue weighted by Crippen LogP contribution is 2.19. The van der Waals surface area contributed by atoms with Gasteiger partial charge in [0.25, 0.3) is 0 Å². The molecule has 1 aliphatic heterocycles. The van der Waals surface area contributed by atoms with Gasteiger partial charge in [-0.2, -0.15) is 0 Å². The van der Waals surface area contributed by atoms with Crippen LogP contribution in [0.5, 0.6) is 0 Å². The van der Waals surface area contributed by atoms with E-state index in [1.165, 1.54) is 16.0 Å². The number of benzene rings is 1. The lowest BCUT2D eigenvalue weighted by atomic mass is 10.00. The number of β-amino-alcohol motifs (C(OH)–C–C–N with tert-alkyl or cyclic N) is 1. The Balaban J connectivity index is 1.43. The van der Waals surface area contributed by atoms with Gasteiger partial charge < -0.3 is 10.4 Å². The Bertz CT molecular complexity index is 655. The first-order valence-corrected chi connectivity index (χ1v) is 9.04. The summed E-state index contributed by atoms with van der Waals surface area (Å²) < 4.78 is 0. The molecule has 5 heteroatoms. The van der Waals surface area contributed by atoms with E-state index in [4.69, 9.17) is 0 Å². The monoisotopic (exact) mass is 331 g/mol. The fourth-order valence-corrected chi connectivity index (χ4v) is 4.07. The molecule has 2 N–H and O–H groups in total. The van der Waals surface area contributed by atoms with Gasteiger partial charge in [0.1, 0.15) is 0 Å². The van der Waals surface area contributed by atoms with Gasteiger partial charge in [0, 0.05) is 37.6 Å². The highest BCUT2D eigenvalue weighted by molar-refractivity contribution is 7.11. The van der Waals surface area contributed by atoms with Crippen molar-refractivity contribution in [1.82, 2.24) is 15.2 Å². The predicted octanol–water partition coefficient (Wildman–Crippen LogP) is 2.27. The van der Waals surface area contributed by atoms with E-state index in [1.807, 2.05) is 13.8 Å². The molecule has 0 saturated heterocycles. The van der Waals surface area contributed by atoms with Crippen LogP contribution in [0, 0.1) is 13.8 Å². The number of aryl methyl sites for hydroxylation is 2. The zero-order valence-electron chi connectivity index (χ0n) is 13.9. The van der Waals surface area contributed by atoms with E-state index in [1.54, 1.807) is 11.3 Å². The third-order valence-electron chi connectivity index (χ3n) is 4.34. The first kappa shape index (κ1) is 16.6. The van der Waals surface area contributed by atoms with Crippen molar-refractivity contribution >= 4 is 11.3 Å². The van der Waals surface area contributed by atoms with E-state index < -0.39 is 0 Å². The Morgan fingerprint density at radius 3 is 2.83 bits per heavy atom. The highest BCUT2D eigenvalue weighted by atomic mass is 32.1. The number of nitrogens with one attached hydrogen (secondary N) is 1. The number of nitrogens with zero attached hydrogens (tertiary/aromatic N) is 2. The Morgan fingerprint density at radius 2 is 2.09 bits per heavy atom. The van der Waals surface area contributed by atoms with Crippen molar-refractivity contribution in [3.8, 4) is 0 Å². The lowest BCUT2D eigenvalue weighted by Crippen LogP contribution is -2.40. The van der Waals surface area contributed by atoms with E-state index in [0.29, 0.717) is 6.54 Å². The van der Waals surface area contributed by atoms with Crippen molar-refractivity contribution in [2.24, 2.45) is 0 Å². The van der Waals surface area contributed by atoms with Crippen LogP contribution in [-0.4, -0.2) is 40.7 Å². The van der Waals surface area contributed by atoms with Crippen molar-refractivity contribution in [2.75, 3.05) is 19.6 Å². The number of aliphatic hydroxyl groups is 1. The smallest absolute Gasteiger partial charge is 0.0900 e. The fourth-order valence-electron chi connectivity index (χ4n) is 3.16. The summed E-state index contributed by atoms with van der Waals surface area (Å²) in [7, 11) is 0. The topological polar surface area (TPSA) is 48.4 Å². The van der Waals surface area contributed by atoms with Crippen LogP contribution in [-0.2, 0) is 19.5 Å². The Morgan fingerprint density at radius 1 is 1.30 bits per heavy atom. The summed E-state index contributed by atoms with van der Waals surface area (Å²) in [4.78, 5) is 8.04. The largest absolute Gasteiger partial charge is 0.390 e. The summed E-state index contributed by atoms with van der Waals surface area (Å²) in [5.74, 6) is 0. The van der Waals surface area contributed by atoms with E-state index in [9.17, 15) is 5.11 Å². The molecule has 0 fully saturated rings. The minimum absolute atomic E-state index is 0.338. The van der Waals surface area contributed by atoms with Gasteiger partial charge in [-0.1, -0.05) is 24.3 Å². The molecule has 2 aromatic rings. The maximum atomic E-state index is 10.3. The molecular formula is C18H25N3OS. The molecule has 0 bridgehead atoms. The number of rotatable bonds is 6. The second-order valence-corrected chi connectivity index (χ2v) is 7.57. The van der Waals surface area contributed by atoms with Crippen molar-refractivity contribution in [3.63, 3.8) is 0 Å². The molecule has 4 nitrogen and oxygen atoms in total. The van der Waals surface area contributed by atoms with Gasteiger partial charge in [-0.15, -0.1) is 11.3 Å². The molecule has 1 atom stereocenters. The number of hydrogen-bond acceptors (Lipinski definition) is 5. The lowest BCUT2D eigenvalue weighted by Gasteiger charge is -2.30. The zero-order valence-corrected chi connectivity index (χ0v) is 14.7. The van der Waals surface area contributed by atoms with Gasteiger partial charge in [0.2, 0.25) is 0 Å². The SMILES string of the molecule is Cc1nc(C)c(CNCC(O)CN2CCc3ccccc3C2)s1. The van der Waals surface area contributed by atoms with E-state index >= 15 is 0 Å². The lowest BCUT2D eigenvalue weighted by molar-refractivity contribution is 0.104. The predicted molar refractivity (Wildman–Crippen MR) is 94.7 cm³/mol. The minimum atomic E-state index is -0.338. The van der Waals surface area contributed by atoms with Gasteiger partial charge in [0.05, 0.1) is 16.8 Å². The molecule has 1 aromatic carbocycles.